The molecule has 3 rings (SSSR count). The summed E-state index contributed by atoms with van der Waals surface area (Å²) in [6.45, 7) is 1.27. The molecule has 4 nitrogen and oxygen atoms in total. The lowest BCUT2D eigenvalue weighted by Crippen LogP contribution is -2.28. The van der Waals surface area contributed by atoms with Gasteiger partial charge in [0.2, 0.25) is 11.5 Å². The second kappa shape index (κ2) is 9.44. The molecule has 0 bridgehead atoms. The van der Waals surface area contributed by atoms with Crippen LogP contribution in [-0.4, -0.2) is 9.55 Å². The zero-order valence-corrected chi connectivity index (χ0v) is 18.1. The van der Waals surface area contributed by atoms with Crippen LogP contribution in [0.1, 0.15) is 23.7 Å². The highest BCUT2D eigenvalue weighted by Crippen LogP contribution is 2.43. The standard InChI is InChI=1S/C21H13ClF9N3O/c1-2-34-16(35-12-6-4-3-5-7-12)10-15(21(29,30)31)33-18(34)32-14-9-11(19(23,24)25)8-13(17(14)22)20(26,27)28/h3-10H,2H2,1H3. The number of rotatable bonds is 4. The van der Waals surface area contributed by atoms with Crippen LogP contribution in [0.5, 0.6) is 11.6 Å². The van der Waals surface area contributed by atoms with Gasteiger partial charge in [-0.3, -0.25) is 4.57 Å². The van der Waals surface area contributed by atoms with Gasteiger partial charge in [0, 0.05) is 12.6 Å². The third-order valence-corrected chi connectivity index (χ3v) is 4.86. The van der Waals surface area contributed by atoms with Gasteiger partial charge >= 0.3 is 18.5 Å². The van der Waals surface area contributed by atoms with Crippen LogP contribution in [0.2, 0.25) is 5.02 Å². The van der Waals surface area contributed by atoms with Crippen LogP contribution in [0.3, 0.4) is 0 Å². The summed E-state index contributed by atoms with van der Waals surface area (Å²) < 4.78 is 127. The second-order valence-corrected chi connectivity index (χ2v) is 7.28. The maximum absolute atomic E-state index is 13.5. The predicted molar refractivity (Wildman–Crippen MR) is 106 cm³/mol. The highest BCUT2D eigenvalue weighted by Gasteiger charge is 2.39. The minimum Gasteiger partial charge on any atom is -0.441 e. The quantitative estimate of drug-likeness (QED) is 0.326. The number of halogens is 10. The van der Waals surface area contributed by atoms with E-state index in [-0.39, 0.29) is 24.4 Å². The van der Waals surface area contributed by atoms with Crippen molar-refractivity contribution in [1.82, 2.24) is 9.55 Å². The van der Waals surface area contributed by atoms with Gasteiger partial charge in [-0.1, -0.05) is 29.8 Å². The van der Waals surface area contributed by atoms with E-state index >= 15 is 0 Å². The van der Waals surface area contributed by atoms with Gasteiger partial charge < -0.3 is 4.74 Å². The molecular formula is C21H13ClF9N3O. The number of alkyl halides is 9. The monoisotopic (exact) mass is 529 g/mol. The first-order valence-electron chi connectivity index (χ1n) is 9.56. The Morgan fingerprint density at radius 3 is 2.03 bits per heavy atom. The molecule has 0 aliphatic heterocycles. The molecule has 0 N–H and O–H groups in total. The molecule has 0 spiro atoms. The molecule has 0 aliphatic carbocycles. The van der Waals surface area contributed by atoms with Crippen molar-refractivity contribution in [2.24, 2.45) is 4.99 Å². The molecule has 0 atom stereocenters. The van der Waals surface area contributed by atoms with Gasteiger partial charge in [-0.25, -0.2) is 9.98 Å². The molecule has 0 saturated carbocycles. The fourth-order valence-corrected chi connectivity index (χ4v) is 3.14. The van der Waals surface area contributed by atoms with Crippen molar-refractivity contribution >= 4 is 17.3 Å². The maximum atomic E-state index is 13.5. The summed E-state index contributed by atoms with van der Waals surface area (Å²) in [7, 11) is 0. The van der Waals surface area contributed by atoms with E-state index in [0.717, 1.165) is 4.57 Å². The van der Waals surface area contributed by atoms with Crippen molar-refractivity contribution in [3.8, 4) is 11.6 Å². The van der Waals surface area contributed by atoms with E-state index in [1.165, 1.54) is 31.2 Å². The van der Waals surface area contributed by atoms with Crippen LogP contribution < -0.4 is 10.4 Å². The third-order valence-electron chi connectivity index (χ3n) is 4.47. The highest BCUT2D eigenvalue weighted by molar-refractivity contribution is 6.33. The van der Waals surface area contributed by atoms with Crippen molar-refractivity contribution in [3.05, 3.63) is 76.0 Å². The number of aromatic nitrogens is 2. The number of para-hydroxylation sites is 1. The number of hydrogen-bond donors (Lipinski definition) is 0. The van der Waals surface area contributed by atoms with Gasteiger partial charge in [-0.2, -0.15) is 39.5 Å². The average molecular weight is 530 g/mol. The Balaban J connectivity index is 2.36. The molecule has 0 aliphatic rings. The van der Waals surface area contributed by atoms with E-state index in [2.05, 4.69) is 9.98 Å². The fraction of sp³-hybridized carbons (Fsp3) is 0.238. The molecule has 35 heavy (non-hydrogen) atoms. The van der Waals surface area contributed by atoms with Crippen molar-refractivity contribution in [1.29, 1.82) is 0 Å². The predicted octanol–water partition coefficient (Wildman–Crippen LogP) is 7.64. The Kier molecular flexibility index (Phi) is 7.12. The summed E-state index contributed by atoms with van der Waals surface area (Å²) in [5.74, 6) is -0.352. The third kappa shape index (κ3) is 6.08. The Morgan fingerprint density at radius 1 is 0.886 bits per heavy atom. The van der Waals surface area contributed by atoms with Crippen molar-refractivity contribution in [3.63, 3.8) is 0 Å². The normalized spacial score (nSPS) is 13.3. The molecule has 1 aromatic heterocycles. The summed E-state index contributed by atoms with van der Waals surface area (Å²) in [5, 5.41) is -1.24. The number of ether oxygens (including phenoxy) is 1. The fourth-order valence-electron chi connectivity index (χ4n) is 2.88. The second-order valence-electron chi connectivity index (χ2n) is 6.90. The number of hydrogen-bond acceptors (Lipinski definition) is 3. The first-order chi connectivity index (χ1) is 16.1. The van der Waals surface area contributed by atoms with E-state index in [4.69, 9.17) is 16.3 Å². The number of benzene rings is 2. The first kappa shape index (κ1) is 26.4. The Labute approximate surface area is 196 Å². The zero-order valence-electron chi connectivity index (χ0n) is 17.4. The maximum Gasteiger partial charge on any atom is 0.433 e. The number of nitrogens with zero attached hydrogens (tertiary/aromatic N) is 3. The van der Waals surface area contributed by atoms with Gasteiger partial charge in [-0.15, -0.1) is 0 Å². The minimum absolute atomic E-state index is 0.108. The Morgan fingerprint density at radius 2 is 1.51 bits per heavy atom. The summed E-state index contributed by atoms with van der Waals surface area (Å²) >= 11 is 5.69. The molecule has 14 heteroatoms. The first-order valence-corrected chi connectivity index (χ1v) is 9.93. The van der Waals surface area contributed by atoms with Crippen LogP contribution in [0, 0.1) is 0 Å². The molecule has 0 saturated heterocycles. The van der Waals surface area contributed by atoms with Gasteiger partial charge in [0.15, 0.2) is 5.69 Å². The van der Waals surface area contributed by atoms with Gasteiger partial charge in [0.05, 0.1) is 21.8 Å². The van der Waals surface area contributed by atoms with Crippen LogP contribution in [0.25, 0.3) is 0 Å². The molecule has 0 amide bonds. The molecule has 2 aromatic carbocycles. The highest BCUT2D eigenvalue weighted by atomic mass is 35.5. The van der Waals surface area contributed by atoms with E-state index in [1.54, 1.807) is 6.07 Å². The lowest BCUT2D eigenvalue weighted by molar-refractivity contribution is -0.143. The van der Waals surface area contributed by atoms with Gasteiger partial charge in [0.25, 0.3) is 0 Å². The Bertz CT molecular complexity index is 1280. The molecule has 0 fully saturated rings. The molecule has 3 aromatic rings. The molecule has 0 radical (unpaired) electrons. The lowest BCUT2D eigenvalue weighted by Gasteiger charge is -2.17. The molecule has 0 unspecified atom stereocenters. The zero-order chi connectivity index (χ0) is 26.2. The van der Waals surface area contributed by atoms with E-state index in [0.29, 0.717) is 6.07 Å². The van der Waals surface area contributed by atoms with Gasteiger partial charge in [-0.05, 0) is 31.2 Å². The van der Waals surface area contributed by atoms with Gasteiger partial charge in [0.1, 0.15) is 5.75 Å². The SMILES string of the molecule is CCn1c(Oc2ccccc2)cc(C(F)(F)F)nc1=Nc1cc(C(F)(F)F)cc(C(F)(F)F)c1Cl. The van der Waals surface area contributed by atoms with Crippen LogP contribution in [0.4, 0.5) is 45.2 Å². The molecule has 188 valence electrons. The van der Waals surface area contributed by atoms with Crippen molar-refractivity contribution in [2.45, 2.75) is 32.0 Å². The van der Waals surface area contributed by atoms with Crippen molar-refractivity contribution in [2.75, 3.05) is 0 Å². The summed E-state index contributed by atoms with van der Waals surface area (Å²) in [6, 6.07) is 8.03. The largest absolute Gasteiger partial charge is 0.441 e. The van der Waals surface area contributed by atoms with Crippen LogP contribution >= 0.6 is 11.6 Å². The van der Waals surface area contributed by atoms with Crippen molar-refractivity contribution < 1.29 is 44.3 Å². The summed E-state index contributed by atoms with van der Waals surface area (Å²) in [5.41, 5.74) is -7.09. The van der Waals surface area contributed by atoms with Crippen LogP contribution in [0.15, 0.2) is 53.5 Å². The average Bonchev–Trinajstić information content (AvgIpc) is 2.73. The molecule has 1 heterocycles. The van der Waals surface area contributed by atoms with E-state index < -0.39 is 57.6 Å². The summed E-state index contributed by atoms with van der Waals surface area (Å²) in [6.07, 6.45) is -15.6. The smallest absolute Gasteiger partial charge is 0.433 e. The minimum atomic E-state index is -5.30. The Hall–Kier alpha value is -3.22. The van der Waals surface area contributed by atoms with Crippen LogP contribution in [-0.2, 0) is 25.1 Å². The molecular weight excluding hydrogens is 517 g/mol. The lowest BCUT2D eigenvalue weighted by atomic mass is 10.1. The summed E-state index contributed by atoms with van der Waals surface area (Å²) in [4.78, 5) is 6.88. The van der Waals surface area contributed by atoms with E-state index in [9.17, 15) is 39.5 Å². The topological polar surface area (TPSA) is 39.4 Å². The van der Waals surface area contributed by atoms with E-state index in [1.807, 2.05) is 0 Å².